The second-order valence-electron chi connectivity index (χ2n) is 4.81. The number of carboxylic acid groups (broad SMARTS) is 1. The third kappa shape index (κ3) is 2.55. The van der Waals surface area contributed by atoms with Gasteiger partial charge < -0.3 is 10.4 Å². The summed E-state index contributed by atoms with van der Waals surface area (Å²) in [4.78, 5) is 10.8. The normalized spacial score (nSPS) is 36.9. The van der Waals surface area contributed by atoms with E-state index in [1.54, 1.807) is 0 Å². The molecule has 0 aromatic rings. The maximum Gasteiger partial charge on any atom is 0.308 e. The molecule has 1 aliphatic carbocycles. The second-order valence-corrected chi connectivity index (χ2v) is 7.03. The molecule has 0 spiro atoms. The van der Waals surface area contributed by atoms with Gasteiger partial charge in [0.1, 0.15) is 0 Å². The predicted octanol–water partition coefficient (Wildman–Crippen LogP) is -0.126. The van der Waals surface area contributed by atoms with Crippen LogP contribution >= 0.6 is 0 Å². The summed E-state index contributed by atoms with van der Waals surface area (Å²) in [6.07, 6.45) is 2.33. The van der Waals surface area contributed by atoms with Crippen LogP contribution in [-0.2, 0) is 14.6 Å². The van der Waals surface area contributed by atoms with E-state index in [2.05, 4.69) is 5.32 Å². The quantitative estimate of drug-likeness (QED) is 0.723. The Balaban J connectivity index is 1.75. The molecule has 1 saturated carbocycles. The van der Waals surface area contributed by atoms with Crippen LogP contribution in [0.1, 0.15) is 19.3 Å². The SMILES string of the molecule is O=C(O)C1CCC1NCC1CCS(=O)(=O)C1. The smallest absolute Gasteiger partial charge is 0.308 e. The van der Waals surface area contributed by atoms with E-state index in [9.17, 15) is 13.2 Å². The Morgan fingerprint density at radius 1 is 1.31 bits per heavy atom. The molecule has 0 amide bonds. The monoisotopic (exact) mass is 247 g/mol. The zero-order valence-electron chi connectivity index (χ0n) is 9.05. The van der Waals surface area contributed by atoms with Crippen molar-refractivity contribution >= 4 is 15.8 Å². The minimum Gasteiger partial charge on any atom is -0.481 e. The lowest BCUT2D eigenvalue weighted by atomic mass is 9.79. The van der Waals surface area contributed by atoms with E-state index in [-0.39, 0.29) is 29.4 Å². The molecule has 1 heterocycles. The second kappa shape index (κ2) is 4.33. The third-order valence-electron chi connectivity index (χ3n) is 3.59. The Morgan fingerprint density at radius 2 is 2.06 bits per heavy atom. The molecule has 2 fully saturated rings. The van der Waals surface area contributed by atoms with Gasteiger partial charge in [-0.1, -0.05) is 0 Å². The predicted molar refractivity (Wildman–Crippen MR) is 58.9 cm³/mol. The molecule has 92 valence electrons. The minimum absolute atomic E-state index is 0.0424. The molecule has 0 aromatic heterocycles. The van der Waals surface area contributed by atoms with Gasteiger partial charge in [-0.25, -0.2) is 8.42 Å². The van der Waals surface area contributed by atoms with Crippen molar-refractivity contribution in [3.05, 3.63) is 0 Å². The number of nitrogens with one attached hydrogen (secondary N) is 1. The maximum atomic E-state index is 11.2. The van der Waals surface area contributed by atoms with Crippen molar-refractivity contribution in [2.24, 2.45) is 11.8 Å². The van der Waals surface area contributed by atoms with Crippen molar-refractivity contribution in [2.75, 3.05) is 18.1 Å². The Hall–Kier alpha value is -0.620. The van der Waals surface area contributed by atoms with Crippen LogP contribution < -0.4 is 5.32 Å². The van der Waals surface area contributed by atoms with Gasteiger partial charge in [-0.05, 0) is 31.7 Å². The van der Waals surface area contributed by atoms with E-state index in [0.717, 1.165) is 12.8 Å². The first-order valence-corrected chi connectivity index (χ1v) is 7.47. The fourth-order valence-corrected chi connectivity index (χ4v) is 4.25. The van der Waals surface area contributed by atoms with Gasteiger partial charge in [-0.3, -0.25) is 4.79 Å². The average molecular weight is 247 g/mol. The van der Waals surface area contributed by atoms with Crippen LogP contribution in [0.3, 0.4) is 0 Å². The van der Waals surface area contributed by atoms with Gasteiger partial charge >= 0.3 is 5.97 Å². The molecule has 0 radical (unpaired) electrons. The van der Waals surface area contributed by atoms with Crippen LogP contribution in [0.25, 0.3) is 0 Å². The van der Waals surface area contributed by atoms with E-state index >= 15 is 0 Å². The highest BCUT2D eigenvalue weighted by atomic mass is 32.2. The number of hydrogen-bond acceptors (Lipinski definition) is 4. The molecular weight excluding hydrogens is 230 g/mol. The Kier molecular flexibility index (Phi) is 3.21. The summed E-state index contributed by atoms with van der Waals surface area (Å²) in [6.45, 7) is 0.633. The van der Waals surface area contributed by atoms with Gasteiger partial charge in [-0.15, -0.1) is 0 Å². The lowest BCUT2D eigenvalue weighted by Crippen LogP contribution is -2.49. The van der Waals surface area contributed by atoms with Gasteiger partial charge in [0.2, 0.25) is 0 Å². The van der Waals surface area contributed by atoms with Crippen molar-refractivity contribution in [3.63, 3.8) is 0 Å². The van der Waals surface area contributed by atoms with E-state index < -0.39 is 15.8 Å². The molecule has 2 aliphatic rings. The Bertz CT molecular complexity index is 378. The number of carbonyl (C=O) groups is 1. The highest BCUT2D eigenvalue weighted by Crippen LogP contribution is 2.28. The topological polar surface area (TPSA) is 83.5 Å². The first-order valence-electron chi connectivity index (χ1n) is 5.64. The largest absolute Gasteiger partial charge is 0.481 e. The van der Waals surface area contributed by atoms with Crippen LogP contribution in [-0.4, -0.2) is 43.6 Å². The maximum absolute atomic E-state index is 11.2. The summed E-state index contributed by atoms with van der Waals surface area (Å²) in [6, 6.07) is 0.0424. The summed E-state index contributed by atoms with van der Waals surface area (Å²) >= 11 is 0. The molecule has 0 aromatic carbocycles. The zero-order valence-corrected chi connectivity index (χ0v) is 9.87. The third-order valence-corrected chi connectivity index (χ3v) is 5.42. The molecule has 5 nitrogen and oxygen atoms in total. The van der Waals surface area contributed by atoms with Crippen LogP contribution in [0.4, 0.5) is 0 Å². The zero-order chi connectivity index (χ0) is 11.8. The minimum atomic E-state index is -2.82. The number of aliphatic carboxylic acids is 1. The van der Waals surface area contributed by atoms with Gasteiger partial charge in [0.05, 0.1) is 17.4 Å². The van der Waals surface area contributed by atoms with Crippen molar-refractivity contribution in [2.45, 2.75) is 25.3 Å². The van der Waals surface area contributed by atoms with Crippen molar-refractivity contribution in [3.8, 4) is 0 Å². The molecule has 1 saturated heterocycles. The van der Waals surface area contributed by atoms with Gasteiger partial charge in [0.25, 0.3) is 0 Å². The Morgan fingerprint density at radius 3 is 2.50 bits per heavy atom. The number of rotatable bonds is 4. The lowest BCUT2D eigenvalue weighted by molar-refractivity contribution is -0.146. The highest BCUT2D eigenvalue weighted by Gasteiger charge is 2.37. The van der Waals surface area contributed by atoms with Crippen LogP contribution in [0.15, 0.2) is 0 Å². The molecule has 1 aliphatic heterocycles. The van der Waals surface area contributed by atoms with Gasteiger partial charge in [0.15, 0.2) is 9.84 Å². The van der Waals surface area contributed by atoms with Crippen LogP contribution in [0.2, 0.25) is 0 Å². The van der Waals surface area contributed by atoms with E-state index in [0.29, 0.717) is 13.0 Å². The fraction of sp³-hybridized carbons (Fsp3) is 0.900. The molecule has 3 atom stereocenters. The summed E-state index contributed by atoms with van der Waals surface area (Å²) < 4.78 is 22.4. The van der Waals surface area contributed by atoms with Crippen molar-refractivity contribution in [1.82, 2.24) is 5.32 Å². The molecule has 6 heteroatoms. The number of hydrogen-bond donors (Lipinski definition) is 2. The molecule has 16 heavy (non-hydrogen) atoms. The Labute approximate surface area is 95.1 Å². The van der Waals surface area contributed by atoms with Gasteiger partial charge in [-0.2, -0.15) is 0 Å². The summed E-state index contributed by atoms with van der Waals surface area (Å²) in [5.41, 5.74) is 0. The number of carboxylic acids is 1. The van der Waals surface area contributed by atoms with E-state index in [1.165, 1.54) is 0 Å². The van der Waals surface area contributed by atoms with Crippen molar-refractivity contribution < 1.29 is 18.3 Å². The highest BCUT2D eigenvalue weighted by molar-refractivity contribution is 7.91. The van der Waals surface area contributed by atoms with Crippen molar-refractivity contribution in [1.29, 1.82) is 0 Å². The molecule has 3 unspecified atom stereocenters. The first kappa shape index (κ1) is 11.9. The van der Waals surface area contributed by atoms with E-state index in [4.69, 9.17) is 5.11 Å². The summed E-state index contributed by atoms with van der Waals surface area (Å²) in [5.74, 6) is -0.322. The lowest BCUT2D eigenvalue weighted by Gasteiger charge is -2.34. The summed E-state index contributed by atoms with van der Waals surface area (Å²) in [5, 5.41) is 12.0. The van der Waals surface area contributed by atoms with Gasteiger partial charge in [0, 0.05) is 6.04 Å². The molecular formula is C10H17NO4S. The van der Waals surface area contributed by atoms with E-state index in [1.807, 2.05) is 0 Å². The standard InChI is InChI=1S/C10H17NO4S/c12-10(13)8-1-2-9(8)11-5-7-3-4-16(14,15)6-7/h7-9,11H,1-6H2,(H,12,13). The molecule has 0 bridgehead atoms. The first-order chi connectivity index (χ1) is 7.48. The molecule has 2 N–H and O–H groups in total. The number of sulfone groups is 1. The van der Waals surface area contributed by atoms with Crippen LogP contribution in [0, 0.1) is 11.8 Å². The summed E-state index contributed by atoms with van der Waals surface area (Å²) in [7, 11) is -2.82. The van der Waals surface area contributed by atoms with Crippen LogP contribution in [0.5, 0.6) is 0 Å². The fourth-order valence-electron chi connectivity index (χ4n) is 2.39. The average Bonchev–Trinajstić information content (AvgIpc) is 2.43. The molecule has 2 rings (SSSR count).